The zero-order chi connectivity index (χ0) is 38.7. The smallest absolute Gasteiger partial charge is 0.0547 e. The van der Waals surface area contributed by atoms with Crippen molar-refractivity contribution >= 4 is 56.2 Å². The normalized spacial score (nSPS) is 11.6. The number of aryl methyl sites for hydroxylation is 1. The third-order valence-electron chi connectivity index (χ3n) is 11.7. The maximum absolute atomic E-state index is 4.76. The van der Waals surface area contributed by atoms with Gasteiger partial charge in [-0.15, -0.1) is 12.6 Å². The van der Waals surface area contributed by atoms with Crippen molar-refractivity contribution in [2.45, 2.75) is 11.8 Å². The molecule has 9 aromatic carbocycles. The van der Waals surface area contributed by atoms with Gasteiger partial charge in [-0.25, -0.2) is 0 Å². The standard InChI is InChI=1S/C55H38N2S/c1-36-12-9-19-45(30-36)57-51-22-7-5-21-47(51)49-33-40(26-29-53(49)57)37-13-10-14-38(31-37)41-25-28-52-50(34-41)48-27-24-42(35-54(48)56(52)44-17-3-2-4-18-44)39-15-11-16-43(32-39)46-20-6-8-23-55(46)58/h2-35,58H,1H3. The van der Waals surface area contributed by atoms with Crippen LogP contribution in [0.15, 0.2) is 211 Å². The number of benzene rings is 9. The van der Waals surface area contributed by atoms with Crippen molar-refractivity contribution in [1.29, 1.82) is 0 Å². The highest BCUT2D eigenvalue weighted by Crippen LogP contribution is 2.40. The van der Waals surface area contributed by atoms with Crippen LogP contribution in [0.1, 0.15) is 5.56 Å². The molecule has 0 fully saturated rings. The average molecular weight is 759 g/mol. The van der Waals surface area contributed by atoms with E-state index in [1.165, 1.54) is 88.2 Å². The predicted molar refractivity (Wildman–Crippen MR) is 249 cm³/mol. The summed E-state index contributed by atoms with van der Waals surface area (Å²) < 4.78 is 4.80. The minimum atomic E-state index is 0.976. The van der Waals surface area contributed by atoms with E-state index in [2.05, 4.69) is 210 Å². The van der Waals surface area contributed by atoms with E-state index < -0.39 is 0 Å². The Morgan fingerprint density at radius 2 is 0.810 bits per heavy atom. The molecule has 0 saturated heterocycles. The number of para-hydroxylation sites is 2. The van der Waals surface area contributed by atoms with Crippen LogP contribution in [0.3, 0.4) is 0 Å². The number of thiol groups is 1. The van der Waals surface area contributed by atoms with Crippen molar-refractivity contribution in [2.75, 3.05) is 0 Å². The second-order valence-corrected chi connectivity index (χ2v) is 15.7. The van der Waals surface area contributed by atoms with Crippen LogP contribution >= 0.6 is 12.6 Å². The first kappa shape index (κ1) is 34.2. The quantitative estimate of drug-likeness (QED) is 0.162. The molecular formula is C55H38N2S. The zero-order valence-electron chi connectivity index (χ0n) is 32.0. The average Bonchev–Trinajstić information content (AvgIpc) is 3.79. The van der Waals surface area contributed by atoms with E-state index in [0.717, 1.165) is 21.7 Å². The minimum absolute atomic E-state index is 0.976. The number of fused-ring (bicyclic) bond motifs is 6. The summed E-state index contributed by atoms with van der Waals surface area (Å²) in [7, 11) is 0. The molecule has 274 valence electrons. The van der Waals surface area contributed by atoms with E-state index in [9.17, 15) is 0 Å². The Labute approximate surface area is 343 Å². The third-order valence-corrected chi connectivity index (χ3v) is 12.0. The van der Waals surface area contributed by atoms with Gasteiger partial charge in [0.1, 0.15) is 0 Å². The number of nitrogens with zero attached hydrogens (tertiary/aromatic N) is 2. The molecule has 0 aliphatic heterocycles. The van der Waals surface area contributed by atoms with Crippen LogP contribution in [0, 0.1) is 6.92 Å². The first-order chi connectivity index (χ1) is 28.6. The van der Waals surface area contributed by atoms with Crippen LogP contribution < -0.4 is 0 Å². The fourth-order valence-corrected chi connectivity index (χ4v) is 9.19. The third kappa shape index (κ3) is 5.74. The molecule has 0 amide bonds. The molecule has 0 radical (unpaired) electrons. The maximum atomic E-state index is 4.76. The van der Waals surface area contributed by atoms with E-state index in [1.807, 2.05) is 12.1 Å². The van der Waals surface area contributed by atoms with Crippen LogP contribution in [-0.4, -0.2) is 9.13 Å². The number of hydrogen-bond donors (Lipinski definition) is 1. The SMILES string of the molecule is Cc1cccc(-n2c3ccccc3c3cc(-c4cccc(-c5ccc6c(c5)c5ccc(-c7cccc(-c8ccccc8S)c7)cc5n6-c5ccccc5)c4)ccc32)c1. The van der Waals surface area contributed by atoms with E-state index in [-0.39, 0.29) is 0 Å². The summed E-state index contributed by atoms with van der Waals surface area (Å²) >= 11 is 4.76. The lowest BCUT2D eigenvalue weighted by atomic mass is 9.96. The summed E-state index contributed by atoms with van der Waals surface area (Å²) in [4.78, 5) is 0.976. The molecule has 0 N–H and O–H groups in total. The molecule has 0 atom stereocenters. The molecule has 2 aromatic heterocycles. The molecule has 0 saturated carbocycles. The molecule has 0 bridgehead atoms. The zero-order valence-corrected chi connectivity index (χ0v) is 32.9. The van der Waals surface area contributed by atoms with E-state index in [4.69, 9.17) is 12.6 Å². The van der Waals surface area contributed by atoms with Gasteiger partial charge in [-0.3, -0.25) is 0 Å². The highest BCUT2D eigenvalue weighted by Gasteiger charge is 2.17. The monoisotopic (exact) mass is 758 g/mol. The van der Waals surface area contributed by atoms with Gasteiger partial charge in [-0.2, -0.15) is 0 Å². The summed E-state index contributed by atoms with van der Waals surface area (Å²) in [5.41, 5.74) is 17.8. The molecule has 58 heavy (non-hydrogen) atoms. The molecular weight excluding hydrogens is 721 g/mol. The Bertz CT molecular complexity index is 3370. The molecule has 0 aliphatic carbocycles. The van der Waals surface area contributed by atoms with Gasteiger partial charge in [-0.1, -0.05) is 127 Å². The van der Waals surface area contributed by atoms with Crippen LogP contribution in [0.25, 0.3) is 99.5 Å². The van der Waals surface area contributed by atoms with Crippen molar-refractivity contribution in [3.63, 3.8) is 0 Å². The van der Waals surface area contributed by atoms with Crippen LogP contribution in [0.2, 0.25) is 0 Å². The van der Waals surface area contributed by atoms with E-state index in [0.29, 0.717) is 0 Å². The lowest BCUT2D eigenvalue weighted by molar-refractivity contribution is 1.17. The van der Waals surface area contributed by atoms with Gasteiger partial charge in [0.25, 0.3) is 0 Å². The first-order valence-corrected chi connectivity index (χ1v) is 20.3. The summed E-state index contributed by atoms with van der Waals surface area (Å²) in [6, 6.07) is 75.1. The van der Waals surface area contributed by atoms with Gasteiger partial charge >= 0.3 is 0 Å². The Balaban J connectivity index is 1.02. The first-order valence-electron chi connectivity index (χ1n) is 19.8. The lowest BCUT2D eigenvalue weighted by Gasteiger charge is -2.11. The molecule has 11 aromatic rings. The van der Waals surface area contributed by atoms with Crippen molar-refractivity contribution in [3.8, 4) is 55.9 Å². The molecule has 0 unspecified atom stereocenters. The summed E-state index contributed by atoms with van der Waals surface area (Å²) in [5, 5.41) is 4.98. The highest BCUT2D eigenvalue weighted by atomic mass is 32.1. The minimum Gasteiger partial charge on any atom is -0.309 e. The molecule has 11 rings (SSSR count). The molecule has 3 heteroatoms. The Morgan fingerprint density at radius 3 is 1.52 bits per heavy atom. The Kier molecular flexibility index (Phi) is 8.16. The van der Waals surface area contributed by atoms with Crippen LogP contribution in [-0.2, 0) is 0 Å². The van der Waals surface area contributed by atoms with Gasteiger partial charge in [0.05, 0.1) is 22.1 Å². The van der Waals surface area contributed by atoms with Gasteiger partial charge in [0.2, 0.25) is 0 Å². The van der Waals surface area contributed by atoms with Gasteiger partial charge in [-0.05, 0) is 136 Å². The van der Waals surface area contributed by atoms with Crippen molar-refractivity contribution in [1.82, 2.24) is 9.13 Å². The lowest BCUT2D eigenvalue weighted by Crippen LogP contribution is -1.94. The number of rotatable bonds is 6. The largest absolute Gasteiger partial charge is 0.309 e. The number of hydrogen-bond acceptors (Lipinski definition) is 1. The molecule has 0 spiro atoms. The molecule has 2 heterocycles. The Morgan fingerprint density at radius 1 is 0.310 bits per heavy atom. The summed E-state index contributed by atoms with van der Waals surface area (Å²) in [6.07, 6.45) is 0. The predicted octanol–water partition coefficient (Wildman–Crippen LogP) is 15.1. The Hall–Kier alpha value is -7.07. The fraction of sp³-hybridized carbons (Fsp3) is 0.0182. The van der Waals surface area contributed by atoms with Crippen molar-refractivity contribution in [2.24, 2.45) is 0 Å². The topological polar surface area (TPSA) is 9.86 Å². The fourth-order valence-electron chi connectivity index (χ4n) is 8.90. The van der Waals surface area contributed by atoms with Crippen LogP contribution in [0.4, 0.5) is 0 Å². The number of aromatic nitrogens is 2. The van der Waals surface area contributed by atoms with E-state index >= 15 is 0 Å². The molecule has 0 aliphatic rings. The van der Waals surface area contributed by atoms with Gasteiger partial charge in [0, 0.05) is 37.8 Å². The second-order valence-electron chi connectivity index (χ2n) is 15.2. The van der Waals surface area contributed by atoms with Crippen molar-refractivity contribution < 1.29 is 0 Å². The van der Waals surface area contributed by atoms with Crippen LogP contribution in [0.5, 0.6) is 0 Å². The van der Waals surface area contributed by atoms with Gasteiger partial charge < -0.3 is 9.13 Å². The highest BCUT2D eigenvalue weighted by molar-refractivity contribution is 7.80. The summed E-state index contributed by atoms with van der Waals surface area (Å²) in [6.45, 7) is 2.16. The van der Waals surface area contributed by atoms with E-state index in [1.54, 1.807) is 0 Å². The van der Waals surface area contributed by atoms with Gasteiger partial charge in [0.15, 0.2) is 0 Å². The molecule has 2 nitrogen and oxygen atoms in total. The van der Waals surface area contributed by atoms with Crippen molar-refractivity contribution in [3.05, 3.63) is 212 Å². The summed E-state index contributed by atoms with van der Waals surface area (Å²) in [5.74, 6) is 0. The maximum Gasteiger partial charge on any atom is 0.0547 e. The second kappa shape index (κ2) is 13.8.